The molecule has 100 valence electrons. The molecular weight excluding hydrogens is 228 g/mol. The molecule has 2 amide bonds. The molecule has 18 heavy (non-hydrogen) atoms. The number of carbonyl (C=O) groups is 2. The van der Waals surface area contributed by atoms with Gasteiger partial charge in [-0.05, 0) is 32.1 Å². The van der Waals surface area contributed by atoms with E-state index >= 15 is 0 Å². The molecule has 0 aromatic heterocycles. The Hall–Kier alpha value is -1.32. The monoisotopic (exact) mass is 250 g/mol. The molecule has 2 rings (SSSR count). The van der Waals surface area contributed by atoms with Crippen molar-refractivity contribution >= 4 is 11.8 Å². The molecule has 1 saturated heterocycles. The standard InChI is InChI=1S/C14H22N2O2/c1-2-3-4-7-15-14(18)12-8-13(17)16(10-12)9-11-5-6-11/h2-3,11-12H,4-10H2,1H3,(H,15,18)/b3-2+. The Morgan fingerprint density at radius 2 is 2.28 bits per heavy atom. The van der Waals surface area contributed by atoms with Crippen molar-refractivity contribution in [3.63, 3.8) is 0 Å². The minimum Gasteiger partial charge on any atom is -0.355 e. The summed E-state index contributed by atoms with van der Waals surface area (Å²) in [6, 6.07) is 0. The van der Waals surface area contributed by atoms with Crippen LogP contribution in [0.15, 0.2) is 12.2 Å². The van der Waals surface area contributed by atoms with Crippen molar-refractivity contribution in [2.24, 2.45) is 11.8 Å². The highest BCUT2D eigenvalue weighted by molar-refractivity contribution is 5.89. The number of likely N-dealkylation sites (tertiary alicyclic amines) is 1. The van der Waals surface area contributed by atoms with Gasteiger partial charge in [0, 0.05) is 26.1 Å². The second kappa shape index (κ2) is 6.03. The number of allylic oxidation sites excluding steroid dienone is 1. The summed E-state index contributed by atoms with van der Waals surface area (Å²) in [6.07, 6.45) is 7.73. The molecule has 4 nitrogen and oxygen atoms in total. The molecule has 0 aromatic rings. The average molecular weight is 250 g/mol. The Labute approximate surface area is 108 Å². The highest BCUT2D eigenvalue weighted by Crippen LogP contribution is 2.31. The lowest BCUT2D eigenvalue weighted by Gasteiger charge is -2.15. The molecule has 1 saturated carbocycles. The summed E-state index contributed by atoms with van der Waals surface area (Å²) in [5.74, 6) is 0.744. The van der Waals surface area contributed by atoms with Crippen LogP contribution in [0, 0.1) is 11.8 Å². The van der Waals surface area contributed by atoms with Gasteiger partial charge in [-0.25, -0.2) is 0 Å². The van der Waals surface area contributed by atoms with Crippen molar-refractivity contribution in [1.29, 1.82) is 0 Å². The van der Waals surface area contributed by atoms with E-state index in [0.717, 1.165) is 13.0 Å². The number of nitrogens with one attached hydrogen (secondary N) is 1. The van der Waals surface area contributed by atoms with Crippen LogP contribution in [0.2, 0.25) is 0 Å². The molecule has 4 heteroatoms. The minimum atomic E-state index is -0.137. The third-order valence-corrected chi connectivity index (χ3v) is 3.61. The van der Waals surface area contributed by atoms with Crippen LogP contribution in [0.1, 0.15) is 32.6 Å². The smallest absolute Gasteiger partial charge is 0.225 e. The number of hydrogen-bond acceptors (Lipinski definition) is 2. The molecule has 0 radical (unpaired) electrons. The van der Waals surface area contributed by atoms with Crippen LogP contribution in [0.25, 0.3) is 0 Å². The van der Waals surface area contributed by atoms with Gasteiger partial charge in [0.25, 0.3) is 0 Å². The molecule has 0 aromatic carbocycles. The first-order valence-electron chi connectivity index (χ1n) is 6.87. The average Bonchev–Trinajstić information content (AvgIpc) is 3.09. The van der Waals surface area contributed by atoms with Crippen molar-refractivity contribution in [3.8, 4) is 0 Å². The second-order valence-corrected chi connectivity index (χ2v) is 5.29. The molecule has 1 N–H and O–H groups in total. The zero-order valence-electron chi connectivity index (χ0n) is 11.0. The van der Waals surface area contributed by atoms with E-state index in [0.29, 0.717) is 25.4 Å². The van der Waals surface area contributed by atoms with Crippen molar-refractivity contribution in [2.45, 2.75) is 32.6 Å². The summed E-state index contributed by atoms with van der Waals surface area (Å²) in [5.41, 5.74) is 0. The first kappa shape index (κ1) is 13.1. The van der Waals surface area contributed by atoms with Crippen molar-refractivity contribution < 1.29 is 9.59 Å². The minimum absolute atomic E-state index is 0.0335. The van der Waals surface area contributed by atoms with Crippen LogP contribution in [-0.2, 0) is 9.59 Å². The Kier molecular flexibility index (Phi) is 4.39. The Morgan fingerprint density at radius 3 is 2.94 bits per heavy atom. The van der Waals surface area contributed by atoms with E-state index in [1.54, 1.807) is 0 Å². The highest BCUT2D eigenvalue weighted by atomic mass is 16.2. The predicted molar refractivity (Wildman–Crippen MR) is 69.9 cm³/mol. The summed E-state index contributed by atoms with van der Waals surface area (Å²) in [6.45, 7) is 4.11. The molecular formula is C14H22N2O2. The zero-order valence-corrected chi connectivity index (χ0v) is 11.0. The fourth-order valence-electron chi connectivity index (χ4n) is 2.33. The van der Waals surface area contributed by atoms with E-state index in [2.05, 4.69) is 5.32 Å². The summed E-state index contributed by atoms with van der Waals surface area (Å²) in [7, 11) is 0. The third-order valence-electron chi connectivity index (χ3n) is 3.61. The van der Waals surface area contributed by atoms with E-state index in [1.165, 1.54) is 12.8 Å². The Morgan fingerprint density at radius 1 is 1.50 bits per heavy atom. The van der Waals surface area contributed by atoms with Gasteiger partial charge in [0.2, 0.25) is 11.8 Å². The van der Waals surface area contributed by atoms with Crippen LogP contribution in [0.3, 0.4) is 0 Å². The SMILES string of the molecule is C/C=C/CCNC(=O)C1CC(=O)N(CC2CC2)C1. The van der Waals surface area contributed by atoms with Crippen LogP contribution >= 0.6 is 0 Å². The lowest BCUT2D eigenvalue weighted by Crippen LogP contribution is -2.33. The largest absolute Gasteiger partial charge is 0.355 e. The van der Waals surface area contributed by atoms with Gasteiger partial charge in [-0.3, -0.25) is 9.59 Å². The molecule has 1 aliphatic heterocycles. The number of hydrogen-bond donors (Lipinski definition) is 1. The predicted octanol–water partition coefficient (Wildman–Crippen LogP) is 1.33. The van der Waals surface area contributed by atoms with E-state index in [-0.39, 0.29) is 17.7 Å². The summed E-state index contributed by atoms with van der Waals surface area (Å²) in [4.78, 5) is 25.5. The summed E-state index contributed by atoms with van der Waals surface area (Å²) in [5, 5.41) is 2.90. The number of carbonyl (C=O) groups excluding carboxylic acids is 2. The molecule has 2 aliphatic rings. The van der Waals surface area contributed by atoms with Crippen LogP contribution in [0.4, 0.5) is 0 Å². The quantitative estimate of drug-likeness (QED) is 0.571. The first-order valence-corrected chi connectivity index (χ1v) is 6.87. The van der Waals surface area contributed by atoms with E-state index in [1.807, 2.05) is 24.0 Å². The van der Waals surface area contributed by atoms with Gasteiger partial charge in [-0.1, -0.05) is 12.2 Å². The number of rotatable bonds is 6. The van der Waals surface area contributed by atoms with E-state index < -0.39 is 0 Å². The van der Waals surface area contributed by atoms with Crippen LogP contribution in [-0.4, -0.2) is 36.3 Å². The van der Waals surface area contributed by atoms with Crippen molar-refractivity contribution in [2.75, 3.05) is 19.6 Å². The molecule has 1 unspecified atom stereocenters. The summed E-state index contributed by atoms with van der Waals surface area (Å²) < 4.78 is 0. The van der Waals surface area contributed by atoms with Gasteiger partial charge in [-0.15, -0.1) is 0 Å². The highest BCUT2D eigenvalue weighted by Gasteiger charge is 2.36. The molecule has 1 atom stereocenters. The normalized spacial score (nSPS) is 23.9. The number of nitrogens with zero attached hydrogens (tertiary/aromatic N) is 1. The maximum Gasteiger partial charge on any atom is 0.225 e. The number of amides is 2. The lowest BCUT2D eigenvalue weighted by atomic mass is 10.1. The molecule has 2 fully saturated rings. The summed E-state index contributed by atoms with van der Waals surface area (Å²) >= 11 is 0. The Balaban J connectivity index is 1.72. The van der Waals surface area contributed by atoms with E-state index in [9.17, 15) is 9.59 Å². The second-order valence-electron chi connectivity index (χ2n) is 5.29. The molecule has 0 bridgehead atoms. The van der Waals surface area contributed by atoms with Crippen molar-refractivity contribution in [1.82, 2.24) is 10.2 Å². The van der Waals surface area contributed by atoms with Gasteiger partial charge in [0.05, 0.1) is 5.92 Å². The van der Waals surface area contributed by atoms with Gasteiger partial charge in [0.15, 0.2) is 0 Å². The van der Waals surface area contributed by atoms with Crippen molar-refractivity contribution in [3.05, 3.63) is 12.2 Å². The van der Waals surface area contributed by atoms with Gasteiger partial charge in [0.1, 0.15) is 0 Å². The van der Waals surface area contributed by atoms with E-state index in [4.69, 9.17) is 0 Å². The van der Waals surface area contributed by atoms with Gasteiger partial charge < -0.3 is 10.2 Å². The first-order chi connectivity index (χ1) is 8.70. The van der Waals surface area contributed by atoms with Crippen LogP contribution in [0.5, 0.6) is 0 Å². The molecule has 0 spiro atoms. The van der Waals surface area contributed by atoms with Gasteiger partial charge >= 0.3 is 0 Å². The maximum atomic E-state index is 11.9. The molecule has 1 heterocycles. The Bertz CT molecular complexity index is 348. The lowest BCUT2D eigenvalue weighted by molar-refractivity contribution is -0.129. The van der Waals surface area contributed by atoms with Gasteiger partial charge in [-0.2, -0.15) is 0 Å². The third kappa shape index (κ3) is 3.59. The zero-order chi connectivity index (χ0) is 13.0. The topological polar surface area (TPSA) is 49.4 Å². The van der Waals surface area contributed by atoms with Crippen LogP contribution < -0.4 is 5.32 Å². The fraction of sp³-hybridized carbons (Fsp3) is 0.714. The fourth-order valence-corrected chi connectivity index (χ4v) is 2.33. The molecule has 1 aliphatic carbocycles. The maximum absolute atomic E-state index is 11.9.